The summed E-state index contributed by atoms with van der Waals surface area (Å²) in [6.45, 7) is 8.06. The second-order valence-corrected chi connectivity index (χ2v) is 9.26. The fourth-order valence-corrected chi connectivity index (χ4v) is 4.24. The monoisotopic (exact) mass is 422 g/mol. The normalized spacial score (nSPS) is 17.1. The number of carbonyl (C=O) groups is 2. The topological polar surface area (TPSA) is 83.6 Å². The van der Waals surface area contributed by atoms with Gasteiger partial charge in [0.2, 0.25) is 5.78 Å². The Morgan fingerprint density at radius 2 is 1.90 bits per heavy atom. The van der Waals surface area contributed by atoms with Gasteiger partial charge in [-0.15, -0.1) is 11.3 Å². The number of ketones is 1. The van der Waals surface area contributed by atoms with Gasteiger partial charge < -0.3 is 9.63 Å². The summed E-state index contributed by atoms with van der Waals surface area (Å²) in [5.41, 5.74) is 1.84. The number of aryl methyl sites for hydroxylation is 1. The lowest BCUT2D eigenvalue weighted by molar-refractivity contribution is -0.117. The van der Waals surface area contributed by atoms with Crippen molar-refractivity contribution in [3.8, 4) is 0 Å². The van der Waals surface area contributed by atoms with Gasteiger partial charge in [-0.3, -0.25) is 14.5 Å². The number of thiophene rings is 1. The van der Waals surface area contributed by atoms with E-state index in [0.717, 1.165) is 5.56 Å². The zero-order chi connectivity index (χ0) is 21.6. The molecule has 1 atom stereocenters. The Bertz CT molecular complexity index is 1130. The summed E-state index contributed by atoms with van der Waals surface area (Å²) in [4.78, 5) is 28.0. The molecule has 4 rings (SSSR count). The maximum Gasteiger partial charge on any atom is 0.295 e. The van der Waals surface area contributed by atoms with E-state index in [9.17, 15) is 14.7 Å². The molecule has 0 saturated heterocycles. The lowest BCUT2D eigenvalue weighted by Crippen LogP contribution is -2.31. The van der Waals surface area contributed by atoms with Crippen LogP contribution < -0.4 is 4.90 Å². The maximum absolute atomic E-state index is 13.2. The van der Waals surface area contributed by atoms with E-state index in [1.807, 2.05) is 24.3 Å². The fraction of sp³-hybridized carbons (Fsp3) is 0.261. The van der Waals surface area contributed by atoms with Gasteiger partial charge in [0.15, 0.2) is 11.6 Å². The van der Waals surface area contributed by atoms with Crippen LogP contribution in [0.4, 0.5) is 5.82 Å². The first-order valence-electron chi connectivity index (χ1n) is 9.57. The van der Waals surface area contributed by atoms with Gasteiger partial charge in [0, 0.05) is 6.07 Å². The summed E-state index contributed by atoms with van der Waals surface area (Å²) < 4.78 is 5.15. The third-order valence-electron chi connectivity index (χ3n) is 5.15. The summed E-state index contributed by atoms with van der Waals surface area (Å²) in [6.07, 6.45) is 0. The van der Waals surface area contributed by atoms with Crippen molar-refractivity contribution in [1.82, 2.24) is 5.16 Å². The van der Waals surface area contributed by atoms with Crippen molar-refractivity contribution in [2.24, 2.45) is 0 Å². The Morgan fingerprint density at radius 3 is 2.43 bits per heavy atom. The molecule has 0 radical (unpaired) electrons. The average molecular weight is 423 g/mol. The van der Waals surface area contributed by atoms with Crippen LogP contribution in [0.5, 0.6) is 0 Å². The third kappa shape index (κ3) is 3.35. The van der Waals surface area contributed by atoms with E-state index in [4.69, 9.17) is 4.52 Å². The first kappa shape index (κ1) is 20.1. The Morgan fingerprint density at radius 1 is 1.20 bits per heavy atom. The number of aliphatic hydroxyl groups excluding tert-OH is 1. The number of aromatic nitrogens is 1. The molecule has 3 heterocycles. The lowest BCUT2D eigenvalue weighted by Gasteiger charge is -2.25. The number of rotatable bonds is 4. The number of aliphatic hydroxyl groups is 1. The summed E-state index contributed by atoms with van der Waals surface area (Å²) in [5, 5.41) is 16.4. The molecule has 0 bridgehead atoms. The number of nitrogens with zero attached hydrogens (tertiary/aromatic N) is 2. The van der Waals surface area contributed by atoms with Crippen LogP contribution in [0.15, 0.2) is 63.7 Å². The van der Waals surface area contributed by atoms with E-state index >= 15 is 0 Å². The average Bonchev–Trinajstić information content (AvgIpc) is 3.42. The van der Waals surface area contributed by atoms with Gasteiger partial charge in [-0.25, -0.2) is 0 Å². The van der Waals surface area contributed by atoms with E-state index in [2.05, 4.69) is 25.9 Å². The molecule has 0 unspecified atom stereocenters. The number of hydrogen-bond acceptors (Lipinski definition) is 6. The Labute approximate surface area is 178 Å². The Hall–Kier alpha value is -3.19. The summed E-state index contributed by atoms with van der Waals surface area (Å²) in [6, 6.07) is 12.0. The fourth-order valence-electron chi connectivity index (χ4n) is 3.56. The second kappa shape index (κ2) is 7.25. The van der Waals surface area contributed by atoms with E-state index in [-0.39, 0.29) is 22.6 Å². The number of benzene rings is 1. The van der Waals surface area contributed by atoms with Crippen LogP contribution in [0.25, 0.3) is 0 Å². The Balaban J connectivity index is 1.85. The van der Waals surface area contributed by atoms with E-state index < -0.39 is 17.7 Å². The molecule has 1 N–H and O–H groups in total. The molecular formula is C23H22N2O4S. The largest absolute Gasteiger partial charge is 0.503 e. The van der Waals surface area contributed by atoms with Crippen molar-refractivity contribution < 1.29 is 19.2 Å². The van der Waals surface area contributed by atoms with Crippen LogP contribution in [-0.2, 0) is 10.2 Å². The quantitative estimate of drug-likeness (QED) is 0.590. The predicted molar refractivity (Wildman–Crippen MR) is 115 cm³/mol. The van der Waals surface area contributed by atoms with E-state index in [0.29, 0.717) is 16.2 Å². The molecule has 3 aromatic rings. The molecule has 1 amide bonds. The Kier molecular flexibility index (Phi) is 4.86. The standard InChI is InChI=1S/C23H22N2O4S/c1-13-12-17(24-29-13)25-19(14-7-9-15(10-8-14)23(2,3)4)18(21(27)22(25)28)20(26)16-6-5-11-30-16/h5-12,19,27H,1-4H3/t19-/m1/s1. The number of Topliss-reactive ketones (excluding diaryl/α,β-unsaturated/α-hetero) is 1. The van der Waals surface area contributed by atoms with E-state index in [1.54, 1.807) is 30.5 Å². The van der Waals surface area contributed by atoms with Crippen molar-refractivity contribution in [2.75, 3.05) is 4.90 Å². The minimum absolute atomic E-state index is 0.0411. The van der Waals surface area contributed by atoms with Crippen LogP contribution in [-0.4, -0.2) is 22.0 Å². The zero-order valence-corrected chi connectivity index (χ0v) is 18.0. The zero-order valence-electron chi connectivity index (χ0n) is 17.2. The van der Waals surface area contributed by atoms with Crippen molar-refractivity contribution in [1.29, 1.82) is 0 Å². The molecule has 1 aliphatic heterocycles. The minimum atomic E-state index is -0.800. The predicted octanol–water partition coefficient (Wildman–Crippen LogP) is 5.12. The molecule has 1 aromatic carbocycles. The molecule has 1 aliphatic rings. The van der Waals surface area contributed by atoms with Gasteiger partial charge >= 0.3 is 0 Å². The van der Waals surface area contributed by atoms with Crippen molar-refractivity contribution >= 4 is 28.8 Å². The highest BCUT2D eigenvalue weighted by Crippen LogP contribution is 2.42. The second-order valence-electron chi connectivity index (χ2n) is 8.31. The highest BCUT2D eigenvalue weighted by atomic mass is 32.1. The van der Waals surface area contributed by atoms with Gasteiger partial charge in [0.25, 0.3) is 5.91 Å². The minimum Gasteiger partial charge on any atom is -0.503 e. The van der Waals surface area contributed by atoms with Gasteiger partial charge in [-0.2, -0.15) is 0 Å². The molecule has 0 saturated carbocycles. The van der Waals surface area contributed by atoms with Crippen LogP contribution in [0.2, 0.25) is 0 Å². The van der Waals surface area contributed by atoms with Crippen LogP contribution in [0, 0.1) is 6.92 Å². The maximum atomic E-state index is 13.2. The molecular weight excluding hydrogens is 400 g/mol. The lowest BCUT2D eigenvalue weighted by atomic mass is 9.85. The first-order chi connectivity index (χ1) is 14.2. The summed E-state index contributed by atoms with van der Waals surface area (Å²) >= 11 is 1.27. The van der Waals surface area contributed by atoms with Crippen LogP contribution in [0.3, 0.4) is 0 Å². The number of anilines is 1. The molecule has 154 valence electrons. The van der Waals surface area contributed by atoms with Gasteiger partial charge in [0.1, 0.15) is 5.76 Å². The van der Waals surface area contributed by atoms with Gasteiger partial charge in [-0.05, 0) is 34.9 Å². The molecule has 2 aromatic heterocycles. The summed E-state index contributed by atoms with van der Waals surface area (Å²) in [5.74, 6) is -0.824. The number of carbonyl (C=O) groups excluding carboxylic acids is 2. The number of amides is 1. The molecule has 0 spiro atoms. The SMILES string of the molecule is Cc1cc(N2C(=O)C(O)=C(C(=O)c3cccs3)[C@H]2c2ccc(C(C)(C)C)cc2)no1. The highest BCUT2D eigenvalue weighted by Gasteiger charge is 2.46. The van der Waals surface area contributed by atoms with Crippen molar-refractivity contribution in [2.45, 2.75) is 39.2 Å². The third-order valence-corrected chi connectivity index (χ3v) is 6.02. The van der Waals surface area contributed by atoms with Gasteiger partial charge in [-0.1, -0.05) is 56.3 Å². The molecule has 6 nitrogen and oxygen atoms in total. The van der Waals surface area contributed by atoms with Crippen LogP contribution >= 0.6 is 11.3 Å². The first-order valence-corrected chi connectivity index (χ1v) is 10.4. The molecule has 30 heavy (non-hydrogen) atoms. The van der Waals surface area contributed by atoms with Gasteiger partial charge in [0.05, 0.1) is 16.5 Å². The molecule has 0 aliphatic carbocycles. The van der Waals surface area contributed by atoms with E-state index in [1.165, 1.54) is 16.2 Å². The highest BCUT2D eigenvalue weighted by molar-refractivity contribution is 7.12. The van der Waals surface area contributed by atoms with Crippen molar-refractivity contribution in [3.05, 3.63) is 80.9 Å². The van der Waals surface area contributed by atoms with Crippen LogP contribution in [0.1, 0.15) is 53.4 Å². The number of hydrogen-bond donors (Lipinski definition) is 1. The summed E-state index contributed by atoms with van der Waals surface area (Å²) in [7, 11) is 0. The molecule has 0 fully saturated rings. The van der Waals surface area contributed by atoms with Crippen molar-refractivity contribution in [3.63, 3.8) is 0 Å². The molecule has 7 heteroatoms. The smallest absolute Gasteiger partial charge is 0.295 e.